The SMILES string of the molecule is Cc1cccc(C)c1-c1cc(-c2c(C)cccc2C)c(C)c(OP(=O)(O)O)c1C. The highest BCUT2D eigenvalue weighted by Crippen LogP contribution is 2.48. The van der Waals surface area contributed by atoms with Crippen LogP contribution in [0.25, 0.3) is 22.3 Å². The maximum absolute atomic E-state index is 11.7. The first kappa shape index (κ1) is 21.3. The summed E-state index contributed by atoms with van der Waals surface area (Å²) in [6.45, 7) is 11.9. The zero-order chi connectivity index (χ0) is 21.5. The smallest absolute Gasteiger partial charge is 0.404 e. The van der Waals surface area contributed by atoms with Crippen LogP contribution in [0.3, 0.4) is 0 Å². The fraction of sp³-hybridized carbons (Fsp3) is 0.250. The maximum Gasteiger partial charge on any atom is 0.524 e. The first-order valence-corrected chi connectivity index (χ1v) is 11.1. The highest BCUT2D eigenvalue weighted by molar-refractivity contribution is 7.46. The van der Waals surface area contributed by atoms with E-state index in [1.54, 1.807) is 0 Å². The Labute approximate surface area is 172 Å². The molecule has 4 nitrogen and oxygen atoms in total. The molecular weight excluding hydrogens is 383 g/mol. The van der Waals surface area contributed by atoms with Crippen LogP contribution in [0.2, 0.25) is 0 Å². The Morgan fingerprint density at radius 3 is 1.34 bits per heavy atom. The highest BCUT2D eigenvalue weighted by atomic mass is 31.2. The van der Waals surface area contributed by atoms with Crippen LogP contribution in [0.15, 0.2) is 42.5 Å². The van der Waals surface area contributed by atoms with Gasteiger partial charge in [0, 0.05) is 0 Å². The highest BCUT2D eigenvalue weighted by Gasteiger charge is 2.25. The molecule has 3 aromatic carbocycles. The summed E-state index contributed by atoms with van der Waals surface area (Å²) in [5.74, 6) is 0.246. The van der Waals surface area contributed by atoms with Gasteiger partial charge in [0.25, 0.3) is 0 Å². The predicted octanol–water partition coefficient (Wildman–Crippen LogP) is 6.34. The molecule has 0 aliphatic heterocycles. The van der Waals surface area contributed by atoms with Crippen molar-refractivity contribution in [3.63, 3.8) is 0 Å². The van der Waals surface area contributed by atoms with Crippen molar-refractivity contribution < 1.29 is 18.9 Å². The largest absolute Gasteiger partial charge is 0.524 e. The van der Waals surface area contributed by atoms with Crippen molar-refractivity contribution in [1.82, 2.24) is 0 Å². The van der Waals surface area contributed by atoms with E-state index in [0.717, 1.165) is 55.6 Å². The van der Waals surface area contributed by atoms with Gasteiger partial charge in [-0.1, -0.05) is 36.4 Å². The number of hydrogen-bond donors (Lipinski definition) is 2. The Kier molecular flexibility index (Phi) is 5.73. The number of phosphoric acid groups is 1. The van der Waals surface area contributed by atoms with Gasteiger partial charge in [-0.15, -0.1) is 0 Å². The first-order chi connectivity index (χ1) is 13.5. The van der Waals surface area contributed by atoms with Gasteiger partial charge < -0.3 is 4.52 Å². The summed E-state index contributed by atoms with van der Waals surface area (Å²) in [7, 11) is -4.71. The van der Waals surface area contributed by atoms with Crippen LogP contribution >= 0.6 is 7.82 Å². The van der Waals surface area contributed by atoms with E-state index in [4.69, 9.17) is 4.52 Å². The van der Waals surface area contributed by atoms with Crippen LogP contribution in [0, 0.1) is 41.5 Å². The molecular formula is C24H27O4P. The molecule has 0 aliphatic rings. The lowest BCUT2D eigenvalue weighted by Gasteiger charge is -2.23. The minimum absolute atomic E-state index is 0.246. The van der Waals surface area contributed by atoms with Crippen LogP contribution in [-0.2, 0) is 4.57 Å². The van der Waals surface area contributed by atoms with E-state index in [1.807, 2.05) is 77.9 Å². The van der Waals surface area contributed by atoms with E-state index in [2.05, 4.69) is 6.07 Å². The van der Waals surface area contributed by atoms with Crippen molar-refractivity contribution in [2.24, 2.45) is 0 Å². The van der Waals surface area contributed by atoms with Crippen molar-refractivity contribution >= 4 is 7.82 Å². The number of phosphoric ester groups is 1. The third kappa shape index (κ3) is 4.16. The lowest BCUT2D eigenvalue weighted by molar-refractivity contribution is 0.282. The second-order valence-corrected chi connectivity index (χ2v) is 8.83. The predicted molar refractivity (Wildman–Crippen MR) is 118 cm³/mol. The van der Waals surface area contributed by atoms with E-state index < -0.39 is 7.82 Å². The number of rotatable bonds is 4. The molecule has 0 unspecified atom stereocenters. The average molecular weight is 410 g/mol. The number of hydrogen-bond acceptors (Lipinski definition) is 2. The second kappa shape index (κ2) is 7.79. The summed E-state index contributed by atoms with van der Waals surface area (Å²) < 4.78 is 17.0. The zero-order valence-electron chi connectivity index (χ0n) is 17.7. The molecule has 0 radical (unpaired) electrons. The van der Waals surface area contributed by atoms with Crippen LogP contribution < -0.4 is 4.52 Å². The van der Waals surface area contributed by atoms with Crippen molar-refractivity contribution in [2.45, 2.75) is 41.5 Å². The quantitative estimate of drug-likeness (QED) is 0.492. The Bertz CT molecular complexity index is 1030. The molecule has 0 spiro atoms. The molecule has 0 bridgehead atoms. The minimum Gasteiger partial charge on any atom is -0.404 e. The van der Waals surface area contributed by atoms with Crippen LogP contribution in [0.1, 0.15) is 33.4 Å². The Morgan fingerprint density at radius 2 is 1.03 bits per heavy atom. The fourth-order valence-electron chi connectivity index (χ4n) is 4.14. The molecule has 0 saturated carbocycles. The lowest BCUT2D eigenvalue weighted by atomic mass is 9.85. The van der Waals surface area contributed by atoms with Crippen LogP contribution in [0.4, 0.5) is 0 Å². The molecule has 0 aromatic heterocycles. The van der Waals surface area contributed by atoms with Crippen LogP contribution in [-0.4, -0.2) is 9.79 Å². The normalized spacial score (nSPS) is 11.6. The minimum atomic E-state index is -4.71. The molecule has 0 amide bonds. The van der Waals surface area contributed by atoms with Crippen LogP contribution in [0.5, 0.6) is 5.75 Å². The van der Waals surface area contributed by atoms with Crippen molar-refractivity contribution in [1.29, 1.82) is 0 Å². The van der Waals surface area contributed by atoms with E-state index in [1.165, 1.54) is 0 Å². The summed E-state index contributed by atoms with van der Waals surface area (Å²) in [5, 5.41) is 0. The molecule has 0 aliphatic carbocycles. The topological polar surface area (TPSA) is 66.8 Å². The first-order valence-electron chi connectivity index (χ1n) is 9.53. The van der Waals surface area contributed by atoms with Gasteiger partial charge in [0.2, 0.25) is 0 Å². The van der Waals surface area contributed by atoms with E-state index in [9.17, 15) is 14.4 Å². The fourth-order valence-corrected chi connectivity index (χ4v) is 4.65. The van der Waals surface area contributed by atoms with E-state index in [0.29, 0.717) is 0 Å². The summed E-state index contributed by atoms with van der Waals surface area (Å²) in [6.07, 6.45) is 0. The van der Waals surface area contributed by atoms with Crippen molar-refractivity contribution in [2.75, 3.05) is 0 Å². The third-order valence-corrected chi connectivity index (χ3v) is 5.91. The van der Waals surface area contributed by atoms with Gasteiger partial charge in [-0.3, -0.25) is 9.79 Å². The summed E-state index contributed by atoms with van der Waals surface area (Å²) in [4.78, 5) is 19.1. The average Bonchev–Trinajstić information content (AvgIpc) is 2.60. The second-order valence-electron chi connectivity index (χ2n) is 7.67. The molecule has 0 fully saturated rings. The Morgan fingerprint density at radius 1 is 0.690 bits per heavy atom. The molecule has 3 aromatic rings. The monoisotopic (exact) mass is 410 g/mol. The Balaban J connectivity index is 2.45. The number of benzene rings is 3. The zero-order valence-corrected chi connectivity index (χ0v) is 18.6. The lowest BCUT2D eigenvalue weighted by Crippen LogP contribution is -2.02. The van der Waals surface area contributed by atoms with Gasteiger partial charge in [0.05, 0.1) is 0 Å². The van der Waals surface area contributed by atoms with Gasteiger partial charge in [-0.2, -0.15) is 0 Å². The third-order valence-electron chi connectivity index (χ3n) is 5.49. The number of aryl methyl sites for hydroxylation is 4. The molecule has 0 heterocycles. The molecule has 0 saturated heterocycles. The molecule has 2 N–H and O–H groups in total. The van der Waals surface area contributed by atoms with Crippen molar-refractivity contribution in [3.05, 3.63) is 75.8 Å². The Hall–Kier alpha value is -2.39. The standard InChI is InChI=1S/C24H27O4P/c1-14-9-7-10-15(2)22(14)20-13-21(23-16(3)11-8-12-17(23)4)19(6)24(18(20)5)28-29(25,26)27/h7-13H,1-6H3,(H2,25,26,27). The summed E-state index contributed by atoms with van der Waals surface area (Å²) in [6, 6.07) is 14.3. The molecule has 5 heteroatoms. The molecule has 3 rings (SSSR count). The van der Waals surface area contributed by atoms with E-state index in [-0.39, 0.29) is 5.75 Å². The van der Waals surface area contributed by atoms with Gasteiger partial charge in [-0.05, 0) is 103 Å². The molecule has 152 valence electrons. The van der Waals surface area contributed by atoms with Crippen molar-refractivity contribution in [3.8, 4) is 28.0 Å². The van der Waals surface area contributed by atoms with E-state index >= 15 is 0 Å². The summed E-state index contributed by atoms with van der Waals surface area (Å²) in [5.41, 5.74) is 9.83. The van der Waals surface area contributed by atoms with Gasteiger partial charge in [0.1, 0.15) is 5.75 Å². The summed E-state index contributed by atoms with van der Waals surface area (Å²) >= 11 is 0. The molecule has 29 heavy (non-hydrogen) atoms. The molecule has 0 atom stereocenters. The van der Waals surface area contributed by atoms with Gasteiger partial charge in [0.15, 0.2) is 0 Å². The maximum atomic E-state index is 11.7. The van der Waals surface area contributed by atoms with Gasteiger partial charge >= 0.3 is 7.82 Å². The van der Waals surface area contributed by atoms with Gasteiger partial charge in [-0.25, -0.2) is 4.57 Å².